The van der Waals surface area contributed by atoms with Gasteiger partial charge in [0.15, 0.2) is 11.5 Å². The minimum absolute atomic E-state index is 0.119. The summed E-state index contributed by atoms with van der Waals surface area (Å²) in [5, 5.41) is 0. The monoisotopic (exact) mass is 261 g/mol. The van der Waals surface area contributed by atoms with Gasteiger partial charge in [0.1, 0.15) is 5.82 Å². The number of esters is 1. The van der Waals surface area contributed by atoms with Crippen molar-refractivity contribution < 1.29 is 13.9 Å². The van der Waals surface area contributed by atoms with Crippen molar-refractivity contribution in [3.8, 4) is 0 Å². The van der Waals surface area contributed by atoms with Gasteiger partial charge in [-0.05, 0) is 24.3 Å². The Morgan fingerprint density at radius 1 is 1.26 bits per heavy atom. The first-order chi connectivity index (χ1) is 9.11. The molecule has 1 aromatic carbocycles. The van der Waals surface area contributed by atoms with Crippen molar-refractivity contribution in [1.82, 2.24) is 9.97 Å². The summed E-state index contributed by atoms with van der Waals surface area (Å²) in [5.74, 6) is -0.400. The fraction of sp³-hybridized carbons (Fsp3) is 0.154. The van der Waals surface area contributed by atoms with Crippen LogP contribution in [-0.4, -0.2) is 30.1 Å². The fourth-order valence-corrected chi connectivity index (χ4v) is 1.52. The van der Waals surface area contributed by atoms with E-state index in [1.165, 1.54) is 31.6 Å². The molecule has 0 amide bonds. The van der Waals surface area contributed by atoms with Crippen LogP contribution in [0.15, 0.2) is 36.7 Å². The largest absolute Gasteiger partial charge is 0.464 e. The average molecular weight is 261 g/mol. The van der Waals surface area contributed by atoms with Crippen LogP contribution in [0.5, 0.6) is 0 Å². The van der Waals surface area contributed by atoms with Crippen LogP contribution in [0.1, 0.15) is 10.5 Å². The molecule has 5 nitrogen and oxygen atoms in total. The number of benzene rings is 1. The van der Waals surface area contributed by atoms with E-state index in [2.05, 4.69) is 14.7 Å². The zero-order chi connectivity index (χ0) is 13.8. The normalized spacial score (nSPS) is 10.1. The molecule has 1 heterocycles. The van der Waals surface area contributed by atoms with Crippen LogP contribution in [-0.2, 0) is 4.74 Å². The second-order valence-corrected chi connectivity index (χ2v) is 3.79. The van der Waals surface area contributed by atoms with Gasteiger partial charge in [0, 0.05) is 12.7 Å². The number of carbonyl (C=O) groups is 1. The molecule has 0 N–H and O–H groups in total. The number of ether oxygens (including phenoxy) is 1. The van der Waals surface area contributed by atoms with Crippen LogP contribution in [0.4, 0.5) is 15.9 Å². The van der Waals surface area contributed by atoms with Gasteiger partial charge in [-0.2, -0.15) is 0 Å². The topological polar surface area (TPSA) is 55.3 Å². The van der Waals surface area contributed by atoms with Gasteiger partial charge < -0.3 is 9.64 Å². The minimum Gasteiger partial charge on any atom is -0.464 e. The highest BCUT2D eigenvalue weighted by Gasteiger charge is 2.11. The van der Waals surface area contributed by atoms with E-state index >= 15 is 0 Å². The highest BCUT2D eigenvalue weighted by atomic mass is 19.1. The molecule has 0 spiro atoms. The van der Waals surface area contributed by atoms with E-state index in [0.29, 0.717) is 5.82 Å². The van der Waals surface area contributed by atoms with Gasteiger partial charge in [0.2, 0.25) is 0 Å². The Bertz CT molecular complexity index is 587. The molecular weight excluding hydrogens is 249 g/mol. The number of rotatable bonds is 3. The Balaban J connectivity index is 2.31. The second kappa shape index (κ2) is 5.43. The molecule has 0 aliphatic rings. The number of anilines is 2. The summed E-state index contributed by atoms with van der Waals surface area (Å²) in [4.78, 5) is 21.1. The molecule has 0 aliphatic carbocycles. The lowest BCUT2D eigenvalue weighted by atomic mass is 10.3. The van der Waals surface area contributed by atoms with Crippen molar-refractivity contribution in [1.29, 1.82) is 0 Å². The predicted octanol–water partition coefficient (Wildman–Crippen LogP) is 2.17. The van der Waals surface area contributed by atoms with Crippen LogP contribution in [0.25, 0.3) is 0 Å². The summed E-state index contributed by atoms with van der Waals surface area (Å²) in [5.41, 5.74) is 0.853. The molecule has 2 aromatic rings. The van der Waals surface area contributed by atoms with Crippen LogP contribution < -0.4 is 4.90 Å². The SMILES string of the molecule is COC(=O)c1cncc(N(C)c2ccc(F)cc2)n1. The number of aromatic nitrogens is 2. The summed E-state index contributed by atoms with van der Waals surface area (Å²) in [6, 6.07) is 5.93. The van der Waals surface area contributed by atoms with E-state index in [0.717, 1.165) is 5.69 Å². The predicted molar refractivity (Wildman–Crippen MR) is 67.8 cm³/mol. The van der Waals surface area contributed by atoms with Gasteiger partial charge in [0.05, 0.1) is 19.5 Å². The first-order valence-corrected chi connectivity index (χ1v) is 5.51. The maximum atomic E-state index is 12.9. The van der Waals surface area contributed by atoms with Crippen molar-refractivity contribution in [3.05, 3.63) is 48.2 Å². The van der Waals surface area contributed by atoms with Gasteiger partial charge in [0.25, 0.3) is 0 Å². The molecule has 1 aromatic heterocycles. The van der Waals surface area contributed by atoms with Gasteiger partial charge in [-0.15, -0.1) is 0 Å². The third kappa shape index (κ3) is 2.85. The standard InChI is InChI=1S/C13H12FN3O2/c1-17(10-5-3-9(14)4-6-10)12-8-15-7-11(16-12)13(18)19-2/h3-8H,1-2H3. The van der Waals surface area contributed by atoms with Crippen LogP contribution in [0, 0.1) is 5.82 Å². The van der Waals surface area contributed by atoms with E-state index in [1.54, 1.807) is 24.1 Å². The Morgan fingerprint density at radius 3 is 2.58 bits per heavy atom. The Labute approximate surface area is 109 Å². The quantitative estimate of drug-likeness (QED) is 0.792. The smallest absolute Gasteiger partial charge is 0.358 e. The molecule has 0 aliphatic heterocycles. The number of halogens is 1. The lowest BCUT2D eigenvalue weighted by Crippen LogP contribution is -2.14. The Hall–Kier alpha value is -2.50. The molecule has 19 heavy (non-hydrogen) atoms. The van der Waals surface area contributed by atoms with E-state index in [1.807, 2.05) is 0 Å². The van der Waals surface area contributed by atoms with Gasteiger partial charge in [-0.3, -0.25) is 4.98 Å². The molecule has 6 heteroatoms. The summed E-state index contributed by atoms with van der Waals surface area (Å²) in [6.45, 7) is 0. The molecule has 0 fully saturated rings. The minimum atomic E-state index is -0.554. The lowest BCUT2D eigenvalue weighted by molar-refractivity contribution is 0.0593. The molecule has 0 atom stereocenters. The lowest BCUT2D eigenvalue weighted by Gasteiger charge is -2.18. The summed E-state index contributed by atoms with van der Waals surface area (Å²) >= 11 is 0. The summed E-state index contributed by atoms with van der Waals surface area (Å²) in [7, 11) is 3.03. The van der Waals surface area contributed by atoms with E-state index < -0.39 is 5.97 Å². The third-order valence-corrected chi connectivity index (χ3v) is 2.57. The zero-order valence-electron chi connectivity index (χ0n) is 10.5. The molecule has 0 unspecified atom stereocenters. The Kier molecular flexibility index (Phi) is 3.70. The number of hydrogen-bond acceptors (Lipinski definition) is 5. The maximum absolute atomic E-state index is 12.9. The molecule has 98 valence electrons. The molecule has 0 radical (unpaired) electrons. The highest BCUT2D eigenvalue weighted by Crippen LogP contribution is 2.21. The van der Waals surface area contributed by atoms with Crippen molar-refractivity contribution in [2.45, 2.75) is 0 Å². The molecule has 0 saturated heterocycles. The molecule has 0 bridgehead atoms. The van der Waals surface area contributed by atoms with Gasteiger partial charge >= 0.3 is 5.97 Å². The summed E-state index contributed by atoms with van der Waals surface area (Å²) < 4.78 is 17.4. The second-order valence-electron chi connectivity index (χ2n) is 3.79. The molecule has 2 rings (SSSR count). The third-order valence-electron chi connectivity index (χ3n) is 2.57. The first-order valence-electron chi connectivity index (χ1n) is 5.51. The van der Waals surface area contributed by atoms with Gasteiger partial charge in [-0.1, -0.05) is 0 Å². The van der Waals surface area contributed by atoms with Crippen molar-refractivity contribution in [3.63, 3.8) is 0 Å². The molecular formula is C13H12FN3O2. The van der Waals surface area contributed by atoms with Crippen LogP contribution in [0.3, 0.4) is 0 Å². The van der Waals surface area contributed by atoms with Gasteiger partial charge in [-0.25, -0.2) is 14.2 Å². The number of hydrogen-bond donors (Lipinski definition) is 0. The first kappa shape index (κ1) is 12.9. The number of carbonyl (C=O) groups excluding carboxylic acids is 1. The number of methoxy groups -OCH3 is 1. The van der Waals surface area contributed by atoms with E-state index in [-0.39, 0.29) is 11.5 Å². The van der Waals surface area contributed by atoms with Crippen molar-refractivity contribution >= 4 is 17.5 Å². The van der Waals surface area contributed by atoms with Crippen LogP contribution in [0.2, 0.25) is 0 Å². The molecule has 0 saturated carbocycles. The number of nitrogens with zero attached hydrogens (tertiary/aromatic N) is 3. The maximum Gasteiger partial charge on any atom is 0.358 e. The van der Waals surface area contributed by atoms with E-state index in [4.69, 9.17) is 0 Å². The van der Waals surface area contributed by atoms with Crippen molar-refractivity contribution in [2.75, 3.05) is 19.1 Å². The average Bonchev–Trinajstić information content (AvgIpc) is 2.46. The zero-order valence-corrected chi connectivity index (χ0v) is 10.5. The highest BCUT2D eigenvalue weighted by molar-refractivity contribution is 5.87. The van der Waals surface area contributed by atoms with Crippen molar-refractivity contribution in [2.24, 2.45) is 0 Å². The van der Waals surface area contributed by atoms with Crippen LogP contribution >= 0.6 is 0 Å². The Morgan fingerprint density at radius 2 is 1.95 bits per heavy atom. The van der Waals surface area contributed by atoms with E-state index in [9.17, 15) is 9.18 Å². The summed E-state index contributed by atoms with van der Waals surface area (Å²) in [6.07, 6.45) is 2.84. The fourth-order valence-electron chi connectivity index (χ4n) is 1.52.